The van der Waals surface area contributed by atoms with Crippen LogP contribution < -0.4 is 5.73 Å². The Balaban J connectivity index is 3.32. The fourth-order valence-electron chi connectivity index (χ4n) is 0.967. The number of nitrogens with two attached hydrogens (primary N) is 1. The molecule has 1 aromatic rings. The average molecular weight is 335 g/mol. The molecule has 0 fully saturated rings. The number of rotatable bonds is 1. The first-order chi connectivity index (χ1) is 6.36. The lowest BCUT2D eigenvalue weighted by molar-refractivity contribution is -0.137. The van der Waals surface area contributed by atoms with Crippen LogP contribution in [0.25, 0.3) is 0 Å². The molecule has 14 heavy (non-hydrogen) atoms. The molecule has 0 radical (unpaired) electrons. The minimum atomic E-state index is -4.43. The molecule has 0 spiro atoms. The van der Waals surface area contributed by atoms with E-state index in [0.717, 1.165) is 6.07 Å². The van der Waals surface area contributed by atoms with E-state index in [-0.39, 0.29) is 11.6 Å². The molecule has 0 aromatic heterocycles. The van der Waals surface area contributed by atoms with Crippen molar-refractivity contribution in [3.05, 3.63) is 31.9 Å². The highest BCUT2D eigenvalue weighted by Crippen LogP contribution is 2.36. The highest BCUT2D eigenvalue weighted by Gasteiger charge is 2.33. The summed E-state index contributed by atoms with van der Waals surface area (Å²) in [5, 5.41) is -0.292. The molecular weight excluding hydrogens is 329 g/mol. The van der Waals surface area contributed by atoms with Crippen molar-refractivity contribution in [3.63, 3.8) is 0 Å². The second kappa shape index (κ2) is 4.24. The molecule has 78 valence electrons. The largest absolute Gasteiger partial charge is 0.417 e. The number of benzene rings is 1. The molecule has 1 nitrogen and oxygen atoms in total. The van der Waals surface area contributed by atoms with Gasteiger partial charge >= 0.3 is 6.18 Å². The van der Waals surface area contributed by atoms with Gasteiger partial charge in [-0.25, -0.2) is 0 Å². The van der Waals surface area contributed by atoms with Crippen LogP contribution in [-0.4, -0.2) is 0 Å². The smallest absolute Gasteiger partial charge is 0.326 e. The van der Waals surface area contributed by atoms with Gasteiger partial charge in [-0.05, 0) is 40.3 Å². The maximum atomic E-state index is 12.4. The summed E-state index contributed by atoms with van der Waals surface area (Å²) in [6, 6.07) is 2.26. The zero-order valence-electron chi connectivity index (χ0n) is 6.83. The van der Waals surface area contributed by atoms with Crippen LogP contribution in [0.5, 0.6) is 0 Å². The Hall–Kier alpha value is -0.0100. The van der Waals surface area contributed by atoms with Crippen molar-refractivity contribution in [2.75, 3.05) is 0 Å². The zero-order chi connectivity index (χ0) is 10.9. The molecule has 1 aromatic carbocycles. The Morgan fingerprint density at radius 2 is 1.93 bits per heavy atom. The van der Waals surface area contributed by atoms with Crippen molar-refractivity contribution in [3.8, 4) is 0 Å². The van der Waals surface area contributed by atoms with Gasteiger partial charge in [0.25, 0.3) is 0 Å². The van der Waals surface area contributed by atoms with Gasteiger partial charge in [-0.15, -0.1) is 0 Å². The van der Waals surface area contributed by atoms with Crippen LogP contribution in [0.4, 0.5) is 13.2 Å². The lowest BCUT2D eigenvalue weighted by Gasteiger charge is -2.11. The minimum absolute atomic E-state index is 0.0680. The number of alkyl halides is 3. The zero-order valence-corrected chi connectivity index (χ0v) is 9.74. The van der Waals surface area contributed by atoms with Crippen molar-refractivity contribution in [2.45, 2.75) is 12.7 Å². The Morgan fingerprint density at radius 1 is 1.36 bits per heavy atom. The molecule has 0 bridgehead atoms. The Bertz CT molecular complexity index is 351. The standard InChI is InChI=1S/C8H6ClF3IN/c9-6-2-7(13)4(3-14)1-5(6)8(10,11)12/h1-2H,3,14H2. The molecule has 0 unspecified atom stereocenters. The average Bonchev–Trinajstić information content (AvgIpc) is 2.02. The maximum Gasteiger partial charge on any atom is 0.417 e. The first-order valence-electron chi connectivity index (χ1n) is 3.61. The quantitative estimate of drug-likeness (QED) is 0.782. The van der Waals surface area contributed by atoms with Crippen LogP contribution in [0.3, 0.4) is 0 Å². The van der Waals surface area contributed by atoms with Gasteiger partial charge in [0.05, 0.1) is 10.6 Å². The van der Waals surface area contributed by atoms with Crippen molar-refractivity contribution in [1.82, 2.24) is 0 Å². The summed E-state index contributed by atoms with van der Waals surface area (Å²) in [5.74, 6) is 0. The third-order valence-electron chi connectivity index (χ3n) is 1.66. The third kappa shape index (κ3) is 2.52. The van der Waals surface area contributed by atoms with Crippen LogP contribution in [-0.2, 0) is 12.7 Å². The second-order valence-electron chi connectivity index (χ2n) is 2.63. The molecule has 1 rings (SSSR count). The van der Waals surface area contributed by atoms with Crippen LogP contribution in [0, 0.1) is 3.57 Å². The van der Waals surface area contributed by atoms with Crippen LogP contribution in [0.1, 0.15) is 11.1 Å². The van der Waals surface area contributed by atoms with E-state index in [4.69, 9.17) is 17.3 Å². The summed E-state index contributed by atoms with van der Waals surface area (Å²) in [7, 11) is 0. The van der Waals surface area contributed by atoms with Gasteiger partial charge < -0.3 is 5.73 Å². The van der Waals surface area contributed by atoms with E-state index in [1.807, 2.05) is 22.6 Å². The van der Waals surface area contributed by atoms with Gasteiger partial charge in [0.1, 0.15) is 0 Å². The predicted molar refractivity (Wildman–Crippen MR) is 57.1 cm³/mol. The molecule has 0 atom stereocenters. The Morgan fingerprint density at radius 3 is 2.36 bits per heavy atom. The van der Waals surface area contributed by atoms with E-state index in [9.17, 15) is 13.2 Å². The van der Waals surface area contributed by atoms with Crippen molar-refractivity contribution in [2.24, 2.45) is 5.73 Å². The Labute approximate surface area is 97.6 Å². The molecule has 0 amide bonds. The normalized spacial score (nSPS) is 11.9. The summed E-state index contributed by atoms with van der Waals surface area (Å²) in [6.07, 6.45) is -4.43. The summed E-state index contributed by atoms with van der Waals surface area (Å²) in [4.78, 5) is 0. The van der Waals surface area contributed by atoms with E-state index in [0.29, 0.717) is 9.13 Å². The van der Waals surface area contributed by atoms with Crippen molar-refractivity contribution in [1.29, 1.82) is 0 Å². The third-order valence-corrected chi connectivity index (χ3v) is 2.98. The first kappa shape index (κ1) is 12.1. The topological polar surface area (TPSA) is 26.0 Å². The van der Waals surface area contributed by atoms with Gasteiger partial charge in [-0.2, -0.15) is 13.2 Å². The maximum absolute atomic E-state index is 12.4. The predicted octanol–water partition coefficient (Wildman–Crippen LogP) is 3.42. The monoisotopic (exact) mass is 335 g/mol. The summed E-state index contributed by atoms with van der Waals surface area (Å²) in [5.41, 5.74) is 4.91. The lowest BCUT2D eigenvalue weighted by atomic mass is 10.1. The first-order valence-corrected chi connectivity index (χ1v) is 5.07. The van der Waals surface area contributed by atoms with Gasteiger partial charge in [0.15, 0.2) is 0 Å². The second-order valence-corrected chi connectivity index (χ2v) is 4.19. The highest BCUT2D eigenvalue weighted by atomic mass is 127. The minimum Gasteiger partial charge on any atom is -0.326 e. The van der Waals surface area contributed by atoms with E-state index in [1.165, 1.54) is 6.07 Å². The fourth-order valence-corrected chi connectivity index (χ4v) is 2.11. The molecule has 6 heteroatoms. The van der Waals surface area contributed by atoms with E-state index in [2.05, 4.69) is 0 Å². The van der Waals surface area contributed by atoms with Crippen LogP contribution in [0.2, 0.25) is 5.02 Å². The van der Waals surface area contributed by atoms with Gasteiger partial charge in [-0.3, -0.25) is 0 Å². The summed E-state index contributed by atoms with van der Waals surface area (Å²) < 4.78 is 37.7. The van der Waals surface area contributed by atoms with Gasteiger partial charge in [0, 0.05) is 10.1 Å². The molecule has 0 saturated heterocycles. The fraction of sp³-hybridized carbons (Fsp3) is 0.250. The lowest BCUT2D eigenvalue weighted by Crippen LogP contribution is -2.09. The van der Waals surface area contributed by atoms with Crippen LogP contribution in [0.15, 0.2) is 12.1 Å². The molecule has 0 aliphatic rings. The molecule has 0 aliphatic heterocycles. The summed E-state index contributed by atoms with van der Waals surface area (Å²) in [6.45, 7) is 0.0680. The molecule has 0 saturated carbocycles. The van der Waals surface area contributed by atoms with Crippen LogP contribution >= 0.6 is 34.2 Å². The van der Waals surface area contributed by atoms with Crippen molar-refractivity contribution < 1.29 is 13.2 Å². The summed E-state index contributed by atoms with van der Waals surface area (Å²) >= 11 is 7.38. The molecule has 0 heterocycles. The van der Waals surface area contributed by atoms with Crippen molar-refractivity contribution >= 4 is 34.2 Å². The number of halogens is 5. The number of hydrogen-bond donors (Lipinski definition) is 1. The van der Waals surface area contributed by atoms with Gasteiger partial charge in [0.2, 0.25) is 0 Å². The van der Waals surface area contributed by atoms with E-state index >= 15 is 0 Å². The van der Waals surface area contributed by atoms with E-state index < -0.39 is 11.7 Å². The SMILES string of the molecule is NCc1cc(C(F)(F)F)c(Cl)cc1I. The molecular formula is C8H6ClF3IN. The van der Waals surface area contributed by atoms with E-state index in [1.54, 1.807) is 0 Å². The number of hydrogen-bond acceptors (Lipinski definition) is 1. The highest BCUT2D eigenvalue weighted by molar-refractivity contribution is 14.1. The van der Waals surface area contributed by atoms with Gasteiger partial charge in [-0.1, -0.05) is 11.6 Å². The Kier molecular flexibility index (Phi) is 3.65. The molecule has 2 N–H and O–H groups in total. The molecule has 0 aliphatic carbocycles.